The second-order valence-electron chi connectivity index (χ2n) is 7.37. The number of unbranched alkanes of at least 4 members (excludes halogenated alkanes) is 1. The average molecular weight is 344 g/mol. The fourth-order valence-corrected chi connectivity index (χ4v) is 1.99. The second kappa shape index (κ2) is 11.4. The Labute approximate surface area is 147 Å². The quantitative estimate of drug-likeness (QED) is 0.503. The molecule has 0 spiro atoms. The maximum absolute atomic E-state index is 12.1. The molecular formula is C18H36N2O4. The highest BCUT2D eigenvalue weighted by atomic mass is 16.5. The molecule has 0 aromatic heterocycles. The number of methoxy groups -OCH3 is 1. The van der Waals surface area contributed by atoms with E-state index in [1.54, 1.807) is 7.11 Å². The van der Waals surface area contributed by atoms with Gasteiger partial charge in [0.25, 0.3) is 0 Å². The van der Waals surface area contributed by atoms with E-state index in [4.69, 9.17) is 9.47 Å². The van der Waals surface area contributed by atoms with Gasteiger partial charge in [0.1, 0.15) is 0 Å². The zero-order valence-corrected chi connectivity index (χ0v) is 16.3. The standard InChI is InChI=1S/C18H36N2O4/c1-7-8-9-15(21)20-14-18(4,5)24-12-10-17(2,3)16(22)19-11-13-23-6/h7-14H2,1-6H3,(H,19,22)(H,20,21). The summed E-state index contributed by atoms with van der Waals surface area (Å²) in [5.41, 5.74) is -0.960. The van der Waals surface area contributed by atoms with Gasteiger partial charge in [-0.1, -0.05) is 27.2 Å². The van der Waals surface area contributed by atoms with Crippen molar-refractivity contribution in [2.24, 2.45) is 5.41 Å². The smallest absolute Gasteiger partial charge is 0.225 e. The van der Waals surface area contributed by atoms with E-state index in [0.717, 1.165) is 12.8 Å². The third kappa shape index (κ3) is 10.6. The van der Waals surface area contributed by atoms with Gasteiger partial charge in [0.2, 0.25) is 11.8 Å². The van der Waals surface area contributed by atoms with Gasteiger partial charge >= 0.3 is 0 Å². The molecule has 0 aromatic carbocycles. The van der Waals surface area contributed by atoms with Crippen molar-refractivity contribution in [1.82, 2.24) is 10.6 Å². The molecule has 0 radical (unpaired) electrons. The number of carbonyl (C=O) groups excluding carboxylic acids is 2. The van der Waals surface area contributed by atoms with Crippen LogP contribution in [0.3, 0.4) is 0 Å². The Morgan fingerprint density at radius 2 is 1.71 bits per heavy atom. The number of ether oxygens (including phenoxy) is 2. The SMILES string of the molecule is CCCCC(=O)NCC(C)(C)OCCC(C)(C)C(=O)NCCOC. The Hall–Kier alpha value is -1.14. The average Bonchev–Trinajstić information content (AvgIpc) is 2.50. The first kappa shape index (κ1) is 22.9. The van der Waals surface area contributed by atoms with E-state index >= 15 is 0 Å². The number of nitrogens with one attached hydrogen (secondary N) is 2. The third-order valence-corrected chi connectivity index (χ3v) is 3.89. The highest BCUT2D eigenvalue weighted by Crippen LogP contribution is 2.22. The van der Waals surface area contributed by atoms with Crippen LogP contribution in [0.25, 0.3) is 0 Å². The van der Waals surface area contributed by atoms with Crippen LogP contribution in [0.1, 0.15) is 60.3 Å². The van der Waals surface area contributed by atoms with Crippen molar-refractivity contribution in [1.29, 1.82) is 0 Å². The van der Waals surface area contributed by atoms with Crippen LogP contribution in [0.2, 0.25) is 0 Å². The topological polar surface area (TPSA) is 76.7 Å². The predicted octanol–water partition coefficient (Wildman–Crippen LogP) is 2.27. The summed E-state index contributed by atoms with van der Waals surface area (Å²) >= 11 is 0. The van der Waals surface area contributed by atoms with Gasteiger partial charge in [-0.3, -0.25) is 9.59 Å². The number of rotatable bonds is 13. The van der Waals surface area contributed by atoms with Crippen molar-refractivity contribution in [3.05, 3.63) is 0 Å². The maximum Gasteiger partial charge on any atom is 0.225 e. The van der Waals surface area contributed by atoms with E-state index in [0.29, 0.717) is 39.1 Å². The number of hydrogen-bond donors (Lipinski definition) is 2. The molecule has 0 saturated heterocycles. The number of carbonyl (C=O) groups is 2. The van der Waals surface area contributed by atoms with E-state index in [1.807, 2.05) is 27.7 Å². The summed E-state index contributed by atoms with van der Waals surface area (Å²) in [6.07, 6.45) is 3.08. The molecule has 2 amide bonds. The number of hydrogen-bond acceptors (Lipinski definition) is 4. The zero-order chi connectivity index (χ0) is 18.6. The van der Waals surface area contributed by atoms with Crippen molar-refractivity contribution in [3.63, 3.8) is 0 Å². The van der Waals surface area contributed by atoms with Gasteiger partial charge in [-0.2, -0.15) is 0 Å². The molecule has 0 rings (SSSR count). The first-order valence-corrected chi connectivity index (χ1v) is 8.82. The minimum absolute atomic E-state index is 0.00572. The van der Waals surface area contributed by atoms with E-state index in [2.05, 4.69) is 17.6 Å². The Bertz CT molecular complexity index is 381. The summed E-state index contributed by atoms with van der Waals surface area (Å²) < 4.78 is 10.8. The molecule has 0 aromatic rings. The molecule has 0 unspecified atom stereocenters. The maximum atomic E-state index is 12.1. The van der Waals surface area contributed by atoms with Crippen molar-refractivity contribution in [2.45, 2.75) is 65.9 Å². The van der Waals surface area contributed by atoms with Crippen LogP contribution in [0.15, 0.2) is 0 Å². The monoisotopic (exact) mass is 344 g/mol. The van der Waals surface area contributed by atoms with E-state index < -0.39 is 11.0 Å². The lowest BCUT2D eigenvalue weighted by atomic mass is 9.88. The molecule has 0 bridgehead atoms. The first-order valence-electron chi connectivity index (χ1n) is 8.82. The van der Waals surface area contributed by atoms with Gasteiger partial charge in [0.05, 0.1) is 12.2 Å². The van der Waals surface area contributed by atoms with Gasteiger partial charge in [-0.05, 0) is 26.7 Å². The lowest BCUT2D eigenvalue weighted by Crippen LogP contribution is -2.42. The Morgan fingerprint density at radius 3 is 2.29 bits per heavy atom. The highest BCUT2D eigenvalue weighted by molar-refractivity contribution is 5.81. The third-order valence-electron chi connectivity index (χ3n) is 3.89. The van der Waals surface area contributed by atoms with Crippen LogP contribution < -0.4 is 10.6 Å². The Kier molecular flexibility index (Phi) is 10.9. The van der Waals surface area contributed by atoms with E-state index in [9.17, 15) is 9.59 Å². The summed E-state index contributed by atoms with van der Waals surface area (Å²) in [6.45, 7) is 11.7. The molecule has 0 aliphatic rings. The van der Waals surface area contributed by atoms with Crippen LogP contribution in [-0.2, 0) is 19.1 Å². The summed E-state index contributed by atoms with van der Waals surface area (Å²) in [6, 6.07) is 0. The zero-order valence-electron chi connectivity index (χ0n) is 16.3. The fourth-order valence-electron chi connectivity index (χ4n) is 1.99. The Balaban J connectivity index is 4.12. The van der Waals surface area contributed by atoms with E-state index in [1.165, 1.54) is 0 Å². The summed E-state index contributed by atoms with van der Waals surface area (Å²) in [5.74, 6) is 0.0557. The normalized spacial score (nSPS) is 12.1. The van der Waals surface area contributed by atoms with Crippen LogP contribution in [-0.4, -0.2) is 50.8 Å². The minimum Gasteiger partial charge on any atom is -0.383 e. The van der Waals surface area contributed by atoms with Crippen molar-refractivity contribution >= 4 is 11.8 Å². The van der Waals surface area contributed by atoms with E-state index in [-0.39, 0.29) is 11.8 Å². The molecule has 0 fully saturated rings. The van der Waals surface area contributed by atoms with Gasteiger partial charge in [0, 0.05) is 38.6 Å². The minimum atomic E-state index is -0.506. The molecule has 142 valence electrons. The highest BCUT2D eigenvalue weighted by Gasteiger charge is 2.28. The molecule has 2 N–H and O–H groups in total. The molecule has 6 heteroatoms. The summed E-state index contributed by atoms with van der Waals surface area (Å²) in [5, 5.41) is 5.76. The lowest BCUT2D eigenvalue weighted by Gasteiger charge is -2.29. The summed E-state index contributed by atoms with van der Waals surface area (Å²) in [7, 11) is 1.61. The fraction of sp³-hybridized carbons (Fsp3) is 0.889. The van der Waals surface area contributed by atoms with Crippen LogP contribution >= 0.6 is 0 Å². The van der Waals surface area contributed by atoms with Gasteiger partial charge in [-0.15, -0.1) is 0 Å². The molecular weight excluding hydrogens is 308 g/mol. The predicted molar refractivity (Wildman–Crippen MR) is 95.8 cm³/mol. The molecule has 0 aliphatic heterocycles. The molecule has 6 nitrogen and oxygen atoms in total. The van der Waals surface area contributed by atoms with Crippen molar-refractivity contribution < 1.29 is 19.1 Å². The molecule has 0 aliphatic carbocycles. The summed E-state index contributed by atoms with van der Waals surface area (Å²) in [4.78, 5) is 23.8. The number of amides is 2. The van der Waals surface area contributed by atoms with Gasteiger partial charge in [0.15, 0.2) is 0 Å². The lowest BCUT2D eigenvalue weighted by molar-refractivity contribution is -0.131. The molecule has 0 heterocycles. The largest absolute Gasteiger partial charge is 0.383 e. The van der Waals surface area contributed by atoms with Crippen LogP contribution in [0, 0.1) is 5.41 Å². The first-order chi connectivity index (χ1) is 11.1. The second-order valence-corrected chi connectivity index (χ2v) is 7.37. The van der Waals surface area contributed by atoms with Crippen molar-refractivity contribution in [2.75, 3.05) is 33.4 Å². The molecule has 0 saturated carbocycles. The van der Waals surface area contributed by atoms with Gasteiger partial charge < -0.3 is 20.1 Å². The Morgan fingerprint density at radius 1 is 1.04 bits per heavy atom. The van der Waals surface area contributed by atoms with Crippen LogP contribution in [0.5, 0.6) is 0 Å². The molecule has 0 atom stereocenters. The van der Waals surface area contributed by atoms with Crippen LogP contribution in [0.4, 0.5) is 0 Å². The van der Waals surface area contributed by atoms with Gasteiger partial charge in [-0.25, -0.2) is 0 Å². The van der Waals surface area contributed by atoms with Crippen molar-refractivity contribution in [3.8, 4) is 0 Å². The molecule has 24 heavy (non-hydrogen) atoms.